The van der Waals surface area contributed by atoms with Gasteiger partial charge >= 0.3 is 0 Å². The lowest BCUT2D eigenvalue weighted by Crippen LogP contribution is -2.35. The Bertz CT molecular complexity index is 1160. The molecule has 170 valence electrons. The van der Waals surface area contributed by atoms with E-state index in [1.165, 1.54) is 23.5 Å². The van der Waals surface area contributed by atoms with Gasteiger partial charge in [-0.25, -0.2) is 4.98 Å². The van der Waals surface area contributed by atoms with Crippen molar-refractivity contribution in [3.8, 4) is 0 Å². The molecule has 0 bridgehead atoms. The second-order valence-corrected chi connectivity index (χ2v) is 8.45. The van der Waals surface area contributed by atoms with E-state index in [0.29, 0.717) is 33.5 Å². The molecule has 2 N–H and O–H groups in total. The van der Waals surface area contributed by atoms with Gasteiger partial charge in [0.25, 0.3) is 5.91 Å². The highest BCUT2D eigenvalue weighted by atomic mass is 35.5. The zero-order chi connectivity index (χ0) is 23.4. The molecule has 0 radical (unpaired) electrons. The molecule has 1 amide bonds. The van der Waals surface area contributed by atoms with E-state index in [-0.39, 0.29) is 12.2 Å². The van der Waals surface area contributed by atoms with Gasteiger partial charge in [0.05, 0.1) is 28.9 Å². The number of amidine groups is 1. The van der Waals surface area contributed by atoms with E-state index in [1.54, 1.807) is 31.3 Å². The number of benzene rings is 1. The minimum Gasteiger partial charge on any atom is -0.357 e. The van der Waals surface area contributed by atoms with Crippen molar-refractivity contribution in [1.29, 1.82) is 5.41 Å². The number of nitrogens with zero attached hydrogens (tertiary/aromatic N) is 4. The van der Waals surface area contributed by atoms with Crippen molar-refractivity contribution in [2.45, 2.75) is 25.7 Å². The van der Waals surface area contributed by atoms with Gasteiger partial charge < -0.3 is 10.2 Å². The molecular formula is C24H25ClN6O2. The molecule has 0 spiro atoms. The Morgan fingerprint density at radius 3 is 2.39 bits per heavy atom. The number of nitrogens with one attached hydrogen (secondary N) is 2. The third-order valence-electron chi connectivity index (χ3n) is 5.76. The van der Waals surface area contributed by atoms with Crippen LogP contribution in [0.15, 0.2) is 48.8 Å². The number of carbonyl (C=O) groups excluding carboxylic acids is 2. The first-order valence-corrected chi connectivity index (χ1v) is 11.2. The number of carbonyl (C=O) groups is 2. The quantitative estimate of drug-likeness (QED) is 0.326. The van der Waals surface area contributed by atoms with Crippen LogP contribution in [-0.4, -0.2) is 50.3 Å². The van der Waals surface area contributed by atoms with E-state index in [9.17, 15) is 9.59 Å². The second-order valence-electron chi connectivity index (χ2n) is 8.02. The van der Waals surface area contributed by atoms with Gasteiger partial charge in [0.15, 0.2) is 5.78 Å². The summed E-state index contributed by atoms with van der Waals surface area (Å²) in [5.41, 5.74) is 2.14. The molecule has 0 saturated carbocycles. The molecule has 0 atom stereocenters. The van der Waals surface area contributed by atoms with Gasteiger partial charge in [-0.05, 0) is 31.4 Å². The number of aromatic nitrogens is 3. The molecule has 8 nitrogen and oxygen atoms in total. The lowest BCUT2D eigenvalue weighted by molar-refractivity contribution is 0.0990. The predicted molar refractivity (Wildman–Crippen MR) is 127 cm³/mol. The van der Waals surface area contributed by atoms with Crippen LogP contribution in [0.1, 0.15) is 51.2 Å². The van der Waals surface area contributed by atoms with Crippen molar-refractivity contribution in [3.63, 3.8) is 0 Å². The zero-order valence-corrected chi connectivity index (χ0v) is 19.1. The number of likely N-dealkylation sites (tertiary alicyclic amines) is 1. The van der Waals surface area contributed by atoms with Crippen LogP contribution in [0.2, 0.25) is 5.02 Å². The third-order valence-corrected chi connectivity index (χ3v) is 5.98. The summed E-state index contributed by atoms with van der Waals surface area (Å²) in [6.07, 6.45) is 6.33. The van der Waals surface area contributed by atoms with Crippen LogP contribution in [0, 0.1) is 5.41 Å². The average molecular weight is 465 g/mol. The number of piperidine rings is 1. The lowest BCUT2D eigenvalue weighted by Gasteiger charge is -2.29. The first-order valence-electron chi connectivity index (χ1n) is 10.8. The molecule has 0 aliphatic carbocycles. The Balaban J connectivity index is 1.45. The largest absolute Gasteiger partial charge is 0.357 e. The van der Waals surface area contributed by atoms with Crippen LogP contribution >= 0.6 is 11.6 Å². The summed E-state index contributed by atoms with van der Waals surface area (Å²) >= 11 is 5.84. The van der Waals surface area contributed by atoms with Crippen LogP contribution in [0.3, 0.4) is 0 Å². The Morgan fingerprint density at radius 1 is 1.03 bits per heavy atom. The molecule has 0 unspecified atom stereocenters. The van der Waals surface area contributed by atoms with E-state index in [2.05, 4.69) is 20.3 Å². The fourth-order valence-corrected chi connectivity index (χ4v) is 3.98. The molecule has 1 aliphatic heterocycles. The van der Waals surface area contributed by atoms with Crippen molar-refractivity contribution in [2.75, 3.05) is 18.4 Å². The van der Waals surface area contributed by atoms with E-state index in [1.807, 2.05) is 12.1 Å². The highest BCUT2D eigenvalue weighted by molar-refractivity contribution is 6.30. The second kappa shape index (κ2) is 9.95. The number of hydrogen-bond acceptors (Lipinski definition) is 5. The van der Waals surface area contributed by atoms with Crippen molar-refractivity contribution < 1.29 is 9.59 Å². The zero-order valence-electron chi connectivity index (χ0n) is 18.3. The maximum absolute atomic E-state index is 13.0. The normalized spacial score (nSPS) is 13.6. The molecular weight excluding hydrogens is 440 g/mol. The minimum absolute atomic E-state index is 0.0240. The molecule has 1 aromatic carbocycles. The van der Waals surface area contributed by atoms with Crippen molar-refractivity contribution >= 4 is 34.9 Å². The summed E-state index contributed by atoms with van der Waals surface area (Å²) in [6.45, 7) is 1.80. The predicted octanol–water partition coefficient (Wildman–Crippen LogP) is 3.96. The van der Waals surface area contributed by atoms with E-state index in [0.717, 1.165) is 31.5 Å². The maximum atomic E-state index is 13.0. The van der Waals surface area contributed by atoms with Crippen molar-refractivity contribution in [2.24, 2.45) is 7.05 Å². The number of hydrogen-bond donors (Lipinski definition) is 2. The van der Waals surface area contributed by atoms with E-state index < -0.39 is 5.91 Å². The van der Waals surface area contributed by atoms with E-state index >= 15 is 0 Å². The maximum Gasteiger partial charge on any atom is 0.260 e. The lowest BCUT2D eigenvalue weighted by atomic mass is 10.0. The number of pyridine rings is 1. The van der Waals surface area contributed by atoms with Crippen molar-refractivity contribution in [1.82, 2.24) is 19.7 Å². The Morgan fingerprint density at radius 2 is 1.73 bits per heavy atom. The van der Waals surface area contributed by atoms with Gasteiger partial charge in [0.1, 0.15) is 11.7 Å². The average Bonchev–Trinajstić information content (AvgIpc) is 3.20. The monoisotopic (exact) mass is 464 g/mol. The number of aryl methyl sites for hydroxylation is 1. The summed E-state index contributed by atoms with van der Waals surface area (Å²) in [6, 6.07) is 10.3. The van der Waals surface area contributed by atoms with Crippen molar-refractivity contribution in [3.05, 3.63) is 76.2 Å². The number of amides is 1. The van der Waals surface area contributed by atoms with E-state index in [4.69, 9.17) is 17.0 Å². The topological polar surface area (TPSA) is 104 Å². The highest BCUT2D eigenvalue weighted by Crippen LogP contribution is 2.17. The first kappa shape index (κ1) is 22.7. The standard InChI is InChI=1S/C24H25ClN6O2/c1-30-20(19(15-28-30)24(33)29-22-10-9-18(25)14-27-22)13-21(32)16-5-7-17(8-6-16)23(26)31-11-3-2-4-12-31/h5-10,14-15,26H,2-4,11-13H2,1H3,(H,27,29,33). The molecule has 1 aliphatic rings. The minimum atomic E-state index is -0.397. The Hall–Kier alpha value is -3.52. The molecule has 1 saturated heterocycles. The first-order chi connectivity index (χ1) is 15.9. The van der Waals surface area contributed by atoms with Crippen LogP contribution in [-0.2, 0) is 13.5 Å². The van der Waals surface area contributed by atoms with Gasteiger partial charge in [-0.2, -0.15) is 5.10 Å². The summed E-state index contributed by atoms with van der Waals surface area (Å²) in [5, 5.41) is 15.8. The van der Waals surface area contributed by atoms with Crippen LogP contribution in [0.5, 0.6) is 0 Å². The smallest absolute Gasteiger partial charge is 0.260 e. The van der Waals surface area contributed by atoms with Crippen LogP contribution in [0.4, 0.5) is 5.82 Å². The fourth-order valence-electron chi connectivity index (χ4n) is 3.86. The number of Topliss-reactive ketones (excluding diaryl/α,β-unsaturated/α-hetero) is 1. The summed E-state index contributed by atoms with van der Waals surface area (Å²) in [4.78, 5) is 31.8. The van der Waals surface area contributed by atoms with Gasteiger partial charge in [-0.15, -0.1) is 0 Å². The van der Waals surface area contributed by atoms with Gasteiger partial charge in [-0.3, -0.25) is 19.7 Å². The molecule has 33 heavy (non-hydrogen) atoms. The van der Waals surface area contributed by atoms with Gasteiger partial charge in [0, 0.05) is 37.5 Å². The molecule has 4 rings (SSSR count). The number of halogens is 1. The highest BCUT2D eigenvalue weighted by Gasteiger charge is 2.21. The summed E-state index contributed by atoms with van der Waals surface area (Å²) < 4.78 is 1.53. The molecule has 1 fully saturated rings. The molecule has 9 heteroatoms. The SMILES string of the molecule is Cn1ncc(C(=O)Nc2ccc(Cl)cn2)c1CC(=O)c1ccc(C(=N)N2CCCCC2)cc1. The van der Waals surface area contributed by atoms with Crippen LogP contribution in [0.25, 0.3) is 0 Å². The number of rotatable bonds is 6. The summed E-state index contributed by atoms with van der Waals surface area (Å²) in [7, 11) is 1.70. The summed E-state index contributed by atoms with van der Waals surface area (Å²) in [5.74, 6) is 0.326. The molecule has 3 heterocycles. The molecule has 2 aromatic heterocycles. The van der Waals surface area contributed by atoms with Gasteiger partial charge in [0.2, 0.25) is 0 Å². The Kier molecular flexibility index (Phi) is 6.84. The third kappa shape index (κ3) is 5.28. The fraction of sp³-hybridized carbons (Fsp3) is 0.292. The number of ketones is 1. The number of anilines is 1. The Labute approximate surface area is 197 Å². The van der Waals surface area contributed by atoms with Crippen LogP contribution < -0.4 is 5.32 Å². The van der Waals surface area contributed by atoms with Gasteiger partial charge in [-0.1, -0.05) is 35.9 Å². The molecule has 3 aromatic rings.